The van der Waals surface area contributed by atoms with Gasteiger partial charge in [0.15, 0.2) is 5.82 Å². The van der Waals surface area contributed by atoms with E-state index >= 15 is 0 Å². The molecule has 1 aromatic heterocycles. The van der Waals surface area contributed by atoms with E-state index in [9.17, 15) is 18.4 Å². The molecule has 1 fully saturated rings. The maximum Gasteiger partial charge on any atom is 0.409 e. The zero-order chi connectivity index (χ0) is 20.8. The molecule has 2 aromatic rings. The van der Waals surface area contributed by atoms with Crippen molar-refractivity contribution in [3.63, 3.8) is 0 Å². The summed E-state index contributed by atoms with van der Waals surface area (Å²) in [4.78, 5) is 30.9. The van der Waals surface area contributed by atoms with E-state index in [0.717, 1.165) is 12.1 Å². The topological polar surface area (TPSA) is 86.8 Å². The number of hydrogen-bond acceptors (Lipinski definition) is 5. The first-order chi connectivity index (χ1) is 14.0. The first kappa shape index (κ1) is 20.5. The van der Waals surface area contributed by atoms with Crippen LogP contribution in [0.25, 0.3) is 0 Å². The zero-order valence-electron chi connectivity index (χ0n) is 15.8. The van der Waals surface area contributed by atoms with E-state index in [2.05, 4.69) is 20.4 Å². The molecular weight excluding hydrogens is 384 g/mol. The number of piperazine rings is 1. The van der Waals surface area contributed by atoms with Crippen LogP contribution in [0.15, 0.2) is 36.7 Å². The molecule has 2 heterocycles. The molecule has 1 aromatic carbocycles. The minimum Gasteiger partial charge on any atom is -0.453 e. The number of amides is 3. The Morgan fingerprint density at radius 1 is 1.17 bits per heavy atom. The second-order valence-electron chi connectivity index (χ2n) is 6.48. The van der Waals surface area contributed by atoms with Gasteiger partial charge in [0, 0.05) is 50.6 Å². The SMILES string of the molecule is COC(=O)N1CCN(Cc2cc(F)cc(NC(=O)Nc3cccnc3)c2F)CC1. The van der Waals surface area contributed by atoms with Crippen LogP contribution in [0.2, 0.25) is 0 Å². The third-order valence-electron chi connectivity index (χ3n) is 4.48. The van der Waals surface area contributed by atoms with E-state index in [4.69, 9.17) is 0 Å². The summed E-state index contributed by atoms with van der Waals surface area (Å²) in [5, 5.41) is 4.82. The number of pyridine rings is 1. The summed E-state index contributed by atoms with van der Waals surface area (Å²) in [5.74, 6) is -1.37. The Bertz CT molecular complexity index is 874. The van der Waals surface area contributed by atoms with Crippen molar-refractivity contribution in [3.8, 4) is 0 Å². The number of nitrogens with one attached hydrogen (secondary N) is 2. The largest absolute Gasteiger partial charge is 0.453 e. The third-order valence-corrected chi connectivity index (χ3v) is 4.48. The molecule has 154 valence electrons. The lowest BCUT2D eigenvalue weighted by Crippen LogP contribution is -2.48. The van der Waals surface area contributed by atoms with Crippen molar-refractivity contribution in [2.45, 2.75) is 6.54 Å². The van der Waals surface area contributed by atoms with Gasteiger partial charge in [-0.25, -0.2) is 18.4 Å². The number of ether oxygens (including phenoxy) is 1. The van der Waals surface area contributed by atoms with Gasteiger partial charge in [-0.3, -0.25) is 9.88 Å². The fraction of sp³-hybridized carbons (Fsp3) is 0.316. The van der Waals surface area contributed by atoms with Crippen LogP contribution in [-0.2, 0) is 11.3 Å². The summed E-state index contributed by atoms with van der Waals surface area (Å²) >= 11 is 0. The third kappa shape index (κ3) is 5.38. The second-order valence-corrected chi connectivity index (χ2v) is 6.48. The molecule has 2 N–H and O–H groups in total. The van der Waals surface area contributed by atoms with E-state index in [-0.39, 0.29) is 17.8 Å². The van der Waals surface area contributed by atoms with Gasteiger partial charge in [-0.2, -0.15) is 0 Å². The molecule has 29 heavy (non-hydrogen) atoms. The summed E-state index contributed by atoms with van der Waals surface area (Å²) in [6.07, 6.45) is 2.57. The van der Waals surface area contributed by atoms with Gasteiger partial charge >= 0.3 is 12.1 Å². The molecule has 8 nitrogen and oxygen atoms in total. The fourth-order valence-corrected chi connectivity index (χ4v) is 3.03. The standard InChI is InChI=1S/C19H21F2N5O3/c1-29-19(28)26-7-5-25(6-8-26)12-13-9-14(20)10-16(17(13)21)24-18(27)23-15-3-2-4-22-11-15/h2-4,9-11H,5-8,12H2,1H3,(H2,23,24,27). The summed E-state index contributed by atoms with van der Waals surface area (Å²) in [6, 6.07) is 4.58. The van der Waals surface area contributed by atoms with Crippen molar-refractivity contribution < 1.29 is 23.1 Å². The van der Waals surface area contributed by atoms with Gasteiger partial charge in [0.05, 0.1) is 24.7 Å². The van der Waals surface area contributed by atoms with E-state index in [1.807, 2.05) is 4.90 Å². The van der Waals surface area contributed by atoms with Crippen molar-refractivity contribution in [1.82, 2.24) is 14.8 Å². The van der Waals surface area contributed by atoms with Crippen LogP contribution in [0.4, 0.5) is 29.7 Å². The molecule has 0 radical (unpaired) electrons. The van der Waals surface area contributed by atoms with Crippen LogP contribution < -0.4 is 10.6 Å². The molecule has 0 spiro atoms. The Hall–Kier alpha value is -3.27. The number of rotatable bonds is 4. The van der Waals surface area contributed by atoms with Crippen molar-refractivity contribution in [2.24, 2.45) is 0 Å². The number of anilines is 2. The van der Waals surface area contributed by atoms with Crippen molar-refractivity contribution in [2.75, 3.05) is 43.9 Å². The summed E-state index contributed by atoms with van der Waals surface area (Å²) in [6.45, 7) is 2.01. The molecule has 0 atom stereocenters. The quantitative estimate of drug-likeness (QED) is 0.817. The maximum absolute atomic E-state index is 14.8. The molecule has 3 rings (SSSR count). The molecule has 0 aliphatic carbocycles. The number of carbonyl (C=O) groups excluding carboxylic acids is 2. The first-order valence-electron chi connectivity index (χ1n) is 8.97. The summed E-state index contributed by atoms with van der Waals surface area (Å²) in [7, 11) is 1.32. The number of carbonyl (C=O) groups is 2. The molecule has 1 aliphatic heterocycles. The van der Waals surface area contributed by atoms with Crippen LogP contribution in [0, 0.1) is 11.6 Å². The van der Waals surface area contributed by atoms with E-state index < -0.39 is 23.8 Å². The number of benzene rings is 1. The molecule has 3 amide bonds. The lowest BCUT2D eigenvalue weighted by atomic mass is 10.1. The van der Waals surface area contributed by atoms with Gasteiger partial charge in [-0.1, -0.05) is 0 Å². The van der Waals surface area contributed by atoms with E-state index in [1.165, 1.54) is 13.3 Å². The number of urea groups is 1. The summed E-state index contributed by atoms with van der Waals surface area (Å²) in [5.41, 5.74) is 0.285. The number of halogens is 2. The van der Waals surface area contributed by atoms with E-state index in [0.29, 0.717) is 31.9 Å². The predicted molar refractivity (Wildman–Crippen MR) is 102 cm³/mol. The van der Waals surface area contributed by atoms with Gasteiger partial charge in [0.25, 0.3) is 0 Å². The molecular formula is C19H21F2N5O3. The van der Waals surface area contributed by atoms with Gasteiger partial charge in [0.2, 0.25) is 0 Å². The Balaban J connectivity index is 1.64. The molecule has 0 saturated carbocycles. The Morgan fingerprint density at radius 3 is 2.59 bits per heavy atom. The molecule has 0 bridgehead atoms. The van der Waals surface area contributed by atoms with Crippen molar-refractivity contribution in [3.05, 3.63) is 53.9 Å². The normalized spacial score (nSPS) is 14.4. The highest BCUT2D eigenvalue weighted by Gasteiger charge is 2.23. The van der Waals surface area contributed by atoms with Crippen molar-refractivity contribution in [1.29, 1.82) is 0 Å². The lowest BCUT2D eigenvalue weighted by Gasteiger charge is -2.33. The molecule has 1 saturated heterocycles. The van der Waals surface area contributed by atoms with Gasteiger partial charge in [-0.05, 0) is 18.2 Å². The van der Waals surface area contributed by atoms with E-state index in [1.54, 1.807) is 23.2 Å². The highest BCUT2D eigenvalue weighted by molar-refractivity contribution is 5.99. The number of methoxy groups -OCH3 is 1. The van der Waals surface area contributed by atoms with Crippen molar-refractivity contribution >= 4 is 23.5 Å². The number of hydrogen-bond donors (Lipinski definition) is 2. The smallest absolute Gasteiger partial charge is 0.409 e. The zero-order valence-corrected chi connectivity index (χ0v) is 15.8. The highest BCUT2D eigenvalue weighted by atomic mass is 19.1. The molecule has 1 aliphatic rings. The van der Waals surface area contributed by atoms with Gasteiger partial charge in [0.1, 0.15) is 5.82 Å². The predicted octanol–water partition coefficient (Wildman–Crippen LogP) is 2.89. The first-order valence-corrected chi connectivity index (χ1v) is 8.97. The fourth-order valence-electron chi connectivity index (χ4n) is 3.03. The van der Waals surface area contributed by atoms with Crippen LogP contribution >= 0.6 is 0 Å². The Morgan fingerprint density at radius 2 is 1.93 bits per heavy atom. The minimum absolute atomic E-state index is 0.119. The van der Waals surface area contributed by atoms with Crippen LogP contribution in [0.3, 0.4) is 0 Å². The summed E-state index contributed by atoms with van der Waals surface area (Å²) < 4.78 is 33.5. The van der Waals surface area contributed by atoms with Crippen LogP contribution in [0.5, 0.6) is 0 Å². The van der Waals surface area contributed by atoms with Crippen LogP contribution in [-0.4, -0.2) is 60.2 Å². The highest BCUT2D eigenvalue weighted by Crippen LogP contribution is 2.23. The minimum atomic E-state index is -0.708. The second kappa shape index (κ2) is 9.28. The average molecular weight is 405 g/mol. The maximum atomic E-state index is 14.8. The monoisotopic (exact) mass is 405 g/mol. The Kier molecular flexibility index (Phi) is 6.55. The number of nitrogens with zero attached hydrogens (tertiary/aromatic N) is 3. The Labute approximate surface area is 166 Å². The van der Waals surface area contributed by atoms with Gasteiger partial charge < -0.3 is 20.3 Å². The lowest BCUT2D eigenvalue weighted by molar-refractivity contribution is 0.0885. The molecule has 0 unspecified atom stereocenters. The number of aromatic nitrogens is 1. The van der Waals surface area contributed by atoms with Gasteiger partial charge in [-0.15, -0.1) is 0 Å². The average Bonchev–Trinajstić information content (AvgIpc) is 2.72. The van der Waals surface area contributed by atoms with Crippen LogP contribution in [0.1, 0.15) is 5.56 Å². The molecule has 10 heteroatoms.